The first-order chi connectivity index (χ1) is 17.1. The summed E-state index contributed by atoms with van der Waals surface area (Å²) in [4.78, 5) is 11.4. The summed E-state index contributed by atoms with van der Waals surface area (Å²) in [5.41, 5.74) is 3.26. The van der Waals surface area contributed by atoms with Crippen LogP contribution in [0.5, 0.6) is 11.6 Å². The van der Waals surface area contributed by atoms with Crippen molar-refractivity contribution in [1.82, 2.24) is 14.9 Å². The molecule has 2 aromatic carbocycles. The summed E-state index contributed by atoms with van der Waals surface area (Å²) in [6, 6.07) is 12.6. The van der Waals surface area contributed by atoms with Gasteiger partial charge in [-0.05, 0) is 67.6 Å². The van der Waals surface area contributed by atoms with Crippen molar-refractivity contribution in [3.8, 4) is 17.7 Å². The van der Waals surface area contributed by atoms with E-state index < -0.39 is 9.84 Å². The van der Waals surface area contributed by atoms with Gasteiger partial charge < -0.3 is 10.1 Å². The summed E-state index contributed by atoms with van der Waals surface area (Å²) in [6.07, 6.45) is 4.65. The molecule has 4 rings (SSSR count). The number of sulfone groups is 1. The van der Waals surface area contributed by atoms with Crippen LogP contribution in [0.1, 0.15) is 35.1 Å². The quantitative estimate of drug-likeness (QED) is 0.464. The van der Waals surface area contributed by atoms with Gasteiger partial charge in [0.1, 0.15) is 5.75 Å². The van der Waals surface area contributed by atoms with Gasteiger partial charge in [0.15, 0.2) is 9.84 Å². The highest BCUT2D eigenvalue weighted by Gasteiger charge is 2.21. The van der Waals surface area contributed by atoms with E-state index in [2.05, 4.69) is 26.3 Å². The molecule has 0 bridgehead atoms. The fourth-order valence-electron chi connectivity index (χ4n) is 4.29. The standard InChI is InChI=1S/C26H28ClN5O3S/c1-17-12-19(15-28)13-18(2)25(17)35-24-6-9-29-26(31-24)30-21-7-10-32(11-8-21)16-20-4-5-22(14-23(20)27)36(3,33)34/h4-6,9,12-14,21H,7-8,10-11,16H2,1-3H3,(H,29,30,31). The van der Waals surface area contributed by atoms with Gasteiger partial charge in [-0.15, -0.1) is 0 Å². The number of aromatic nitrogens is 2. The van der Waals surface area contributed by atoms with E-state index in [-0.39, 0.29) is 10.9 Å². The zero-order valence-corrected chi connectivity index (χ0v) is 22.0. The normalized spacial score (nSPS) is 14.9. The highest BCUT2D eigenvalue weighted by molar-refractivity contribution is 7.90. The lowest BCUT2D eigenvalue weighted by Crippen LogP contribution is -2.39. The second-order valence-corrected chi connectivity index (χ2v) is 11.5. The van der Waals surface area contributed by atoms with Crippen molar-refractivity contribution in [1.29, 1.82) is 5.26 Å². The van der Waals surface area contributed by atoms with E-state index in [1.54, 1.807) is 36.5 Å². The molecule has 10 heteroatoms. The van der Waals surface area contributed by atoms with E-state index in [0.29, 0.717) is 34.7 Å². The van der Waals surface area contributed by atoms with E-state index in [9.17, 15) is 8.42 Å². The second-order valence-electron chi connectivity index (χ2n) is 9.09. The molecular weight excluding hydrogens is 498 g/mol. The van der Waals surface area contributed by atoms with Crippen LogP contribution in [0.3, 0.4) is 0 Å². The second kappa shape index (κ2) is 10.8. The molecule has 1 fully saturated rings. The van der Waals surface area contributed by atoms with E-state index in [1.165, 1.54) is 12.3 Å². The predicted molar refractivity (Wildman–Crippen MR) is 139 cm³/mol. The molecule has 0 atom stereocenters. The number of nitrogens with zero attached hydrogens (tertiary/aromatic N) is 4. The van der Waals surface area contributed by atoms with Gasteiger partial charge in [-0.3, -0.25) is 4.90 Å². The predicted octanol–water partition coefficient (Wildman–Crippen LogP) is 4.89. The maximum Gasteiger partial charge on any atom is 0.226 e. The maximum absolute atomic E-state index is 11.7. The Bertz CT molecular complexity index is 1390. The Kier molecular flexibility index (Phi) is 7.79. The number of ether oxygens (including phenoxy) is 1. The van der Waals surface area contributed by atoms with Crippen molar-refractivity contribution in [2.45, 2.75) is 44.2 Å². The third-order valence-electron chi connectivity index (χ3n) is 6.19. The number of benzene rings is 2. The Morgan fingerprint density at radius 1 is 1.17 bits per heavy atom. The van der Waals surface area contributed by atoms with Gasteiger partial charge in [0.25, 0.3) is 0 Å². The minimum atomic E-state index is -3.28. The van der Waals surface area contributed by atoms with Gasteiger partial charge in [0.05, 0.1) is 16.5 Å². The summed E-state index contributed by atoms with van der Waals surface area (Å²) in [7, 11) is -3.28. The number of aryl methyl sites for hydroxylation is 2. The first-order valence-corrected chi connectivity index (χ1v) is 13.9. The lowest BCUT2D eigenvalue weighted by molar-refractivity contribution is 0.211. The number of likely N-dealkylation sites (tertiary alicyclic amines) is 1. The van der Waals surface area contributed by atoms with Crippen LogP contribution in [-0.2, 0) is 16.4 Å². The van der Waals surface area contributed by atoms with E-state index in [1.807, 2.05) is 13.8 Å². The number of nitriles is 1. The minimum Gasteiger partial charge on any atom is -0.438 e. The molecule has 1 aliphatic heterocycles. The summed E-state index contributed by atoms with van der Waals surface area (Å²) in [5, 5.41) is 13.0. The zero-order valence-electron chi connectivity index (χ0n) is 20.5. The van der Waals surface area contributed by atoms with Gasteiger partial charge in [-0.2, -0.15) is 10.2 Å². The molecule has 0 aliphatic carbocycles. The van der Waals surface area contributed by atoms with Crippen LogP contribution in [0.25, 0.3) is 0 Å². The molecule has 1 N–H and O–H groups in total. The fraction of sp³-hybridized carbons (Fsp3) is 0.346. The van der Waals surface area contributed by atoms with Crippen LogP contribution in [0.4, 0.5) is 5.95 Å². The SMILES string of the molecule is Cc1cc(C#N)cc(C)c1Oc1ccnc(NC2CCN(Cc3ccc(S(C)(=O)=O)cc3Cl)CC2)n1. The molecule has 8 nitrogen and oxygen atoms in total. The average Bonchev–Trinajstić information content (AvgIpc) is 2.83. The van der Waals surface area contributed by atoms with Crippen LogP contribution in [0.2, 0.25) is 5.02 Å². The van der Waals surface area contributed by atoms with Gasteiger partial charge in [-0.1, -0.05) is 17.7 Å². The van der Waals surface area contributed by atoms with Gasteiger partial charge >= 0.3 is 0 Å². The molecule has 1 aromatic heterocycles. The van der Waals surface area contributed by atoms with Crippen molar-refractivity contribution >= 4 is 27.4 Å². The smallest absolute Gasteiger partial charge is 0.226 e. The molecule has 0 saturated carbocycles. The zero-order chi connectivity index (χ0) is 25.9. The monoisotopic (exact) mass is 525 g/mol. The van der Waals surface area contributed by atoms with Crippen LogP contribution in [0, 0.1) is 25.2 Å². The largest absolute Gasteiger partial charge is 0.438 e. The number of hydrogen-bond donors (Lipinski definition) is 1. The van der Waals surface area contributed by atoms with E-state index in [0.717, 1.165) is 42.6 Å². The molecule has 1 aliphatic rings. The molecule has 0 radical (unpaired) electrons. The molecule has 2 heterocycles. The summed E-state index contributed by atoms with van der Waals surface area (Å²) in [6.45, 7) is 6.21. The Morgan fingerprint density at radius 3 is 2.47 bits per heavy atom. The highest BCUT2D eigenvalue weighted by Crippen LogP contribution is 2.29. The molecule has 0 unspecified atom stereocenters. The summed E-state index contributed by atoms with van der Waals surface area (Å²) in [5.74, 6) is 1.64. The number of nitrogens with one attached hydrogen (secondary N) is 1. The summed E-state index contributed by atoms with van der Waals surface area (Å²) >= 11 is 6.35. The highest BCUT2D eigenvalue weighted by atomic mass is 35.5. The number of halogens is 1. The fourth-order valence-corrected chi connectivity index (χ4v) is 5.25. The lowest BCUT2D eigenvalue weighted by atomic mass is 10.0. The number of rotatable bonds is 7. The van der Waals surface area contributed by atoms with E-state index in [4.69, 9.17) is 21.6 Å². The Hall–Kier alpha value is -3.19. The van der Waals surface area contributed by atoms with Crippen molar-refractivity contribution in [3.05, 3.63) is 69.9 Å². The van der Waals surface area contributed by atoms with Crippen molar-refractivity contribution < 1.29 is 13.2 Å². The Balaban J connectivity index is 1.34. The van der Waals surface area contributed by atoms with Crippen LogP contribution >= 0.6 is 11.6 Å². The third kappa shape index (κ3) is 6.32. The first kappa shape index (κ1) is 25.9. The minimum absolute atomic E-state index is 0.220. The Labute approximate surface area is 216 Å². The summed E-state index contributed by atoms with van der Waals surface area (Å²) < 4.78 is 29.5. The molecule has 1 saturated heterocycles. The lowest BCUT2D eigenvalue weighted by Gasteiger charge is -2.32. The molecule has 188 valence electrons. The van der Waals surface area contributed by atoms with Crippen LogP contribution in [0.15, 0.2) is 47.5 Å². The molecular formula is C26H28ClN5O3S. The van der Waals surface area contributed by atoms with Crippen molar-refractivity contribution in [3.63, 3.8) is 0 Å². The van der Waals surface area contributed by atoms with Gasteiger partial charge in [0.2, 0.25) is 11.8 Å². The number of hydrogen-bond acceptors (Lipinski definition) is 8. The van der Waals surface area contributed by atoms with Gasteiger partial charge in [-0.25, -0.2) is 13.4 Å². The average molecular weight is 526 g/mol. The van der Waals surface area contributed by atoms with Crippen LogP contribution in [-0.4, -0.2) is 48.7 Å². The first-order valence-electron chi connectivity index (χ1n) is 11.6. The van der Waals surface area contributed by atoms with E-state index >= 15 is 0 Å². The number of piperidine rings is 1. The van der Waals surface area contributed by atoms with Gasteiger partial charge in [0, 0.05) is 49.2 Å². The Morgan fingerprint density at radius 2 is 1.86 bits per heavy atom. The maximum atomic E-state index is 11.7. The molecule has 3 aromatic rings. The number of anilines is 1. The van der Waals surface area contributed by atoms with Crippen molar-refractivity contribution in [2.75, 3.05) is 24.7 Å². The third-order valence-corrected chi connectivity index (χ3v) is 7.66. The van der Waals surface area contributed by atoms with Crippen LogP contribution < -0.4 is 10.1 Å². The van der Waals surface area contributed by atoms with Crippen molar-refractivity contribution in [2.24, 2.45) is 0 Å². The topological polar surface area (TPSA) is 108 Å². The molecule has 0 amide bonds. The molecule has 36 heavy (non-hydrogen) atoms. The molecule has 0 spiro atoms.